The van der Waals surface area contributed by atoms with Crippen LogP contribution in [-0.4, -0.2) is 5.91 Å². The van der Waals surface area contributed by atoms with Crippen molar-refractivity contribution >= 4 is 17.3 Å². The van der Waals surface area contributed by atoms with Crippen molar-refractivity contribution < 1.29 is 4.79 Å². The molecule has 0 bridgehead atoms. The molecule has 0 spiro atoms. The zero-order chi connectivity index (χ0) is 15.1. The summed E-state index contributed by atoms with van der Waals surface area (Å²) in [6.45, 7) is 1.61. The molecule has 0 atom stereocenters. The molecule has 0 aromatic heterocycles. The molecule has 0 unspecified atom stereocenters. The minimum Gasteiger partial charge on any atom is -0.280 e. The molecule has 0 fully saturated rings. The minimum absolute atomic E-state index is 0.0210. The van der Waals surface area contributed by atoms with Gasteiger partial charge in [-0.25, -0.2) is 0 Å². The fourth-order valence-electron chi connectivity index (χ4n) is 3.21. The Morgan fingerprint density at radius 3 is 1.41 bits per heavy atom. The Bertz CT molecular complexity index is 816. The number of hydrogen-bond donors (Lipinski definition) is 0. The molecule has 3 aromatic rings. The van der Waals surface area contributed by atoms with Gasteiger partial charge in [0.05, 0.1) is 11.4 Å². The van der Waals surface area contributed by atoms with Crippen LogP contribution in [0.25, 0.3) is 22.3 Å². The first-order valence-electron chi connectivity index (χ1n) is 7.36. The molecule has 2 nitrogen and oxygen atoms in total. The van der Waals surface area contributed by atoms with Crippen molar-refractivity contribution in [3.05, 3.63) is 72.8 Å². The number of benzene rings is 3. The molecular formula is C20H15NO. The first-order chi connectivity index (χ1) is 10.8. The Labute approximate surface area is 129 Å². The Kier molecular flexibility index (Phi) is 2.83. The summed E-state index contributed by atoms with van der Waals surface area (Å²) in [5.74, 6) is 0.0210. The van der Waals surface area contributed by atoms with E-state index in [0.29, 0.717) is 0 Å². The highest BCUT2D eigenvalue weighted by atomic mass is 16.2. The van der Waals surface area contributed by atoms with Crippen molar-refractivity contribution in [3.63, 3.8) is 0 Å². The van der Waals surface area contributed by atoms with Gasteiger partial charge < -0.3 is 0 Å². The first kappa shape index (κ1) is 12.8. The van der Waals surface area contributed by atoms with Crippen LogP contribution >= 0.6 is 0 Å². The van der Waals surface area contributed by atoms with Gasteiger partial charge in [-0.3, -0.25) is 9.69 Å². The fraction of sp³-hybridized carbons (Fsp3) is 0.0500. The summed E-state index contributed by atoms with van der Waals surface area (Å²) in [6, 6.07) is 24.5. The average molecular weight is 285 g/mol. The largest absolute Gasteiger partial charge is 0.280 e. The highest BCUT2D eigenvalue weighted by Crippen LogP contribution is 2.47. The number of fused-ring (bicyclic) bond motifs is 5. The molecule has 106 valence electrons. The normalized spacial score (nSPS) is 12.0. The number of amides is 1. The highest BCUT2D eigenvalue weighted by Gasteiger charge is 2.26. The molecule has 0 saturated heterocycles. The Morgan fingerprint density at radius 1 is 0.636 bits per heavy atom. The molecule has 0 radical (unpaired) electrons. The van der Waals surface area contributed by atoms with Crippen LogP contribution < -0.4 is 4.90 Å². The van der Waals surface area contributed by atoms with Crippen LogP contribution in [0.3, 0.4) is 0 Å². The lowest BCUT2D eigenvalue weighted by Crippen LogP contribution is -2.23. The summed E-state index contributed by atoms with van der Waals surface area (Å²) >= 11 is 0. The lowest BCUT2D eigenvalue weighted by molar-refractivity contribution is -0.115. The SMILES string of the molecule is CC(=O)N1c2ccccc2-c2ccccc2-c2ccccc21. The highest BCUT2D eigenvalue weighted by molar-refractivity contribution is 6.10. The van der Waals surface area contributed by atoms with E-state index in [1.54, 1.807) is 6.92 Å². The quantitative estimate of drug-likeness (QED) is 0.568. The van der Waals surface area contributed by atoms with Crippen molar-refractivity contribution in [1.29, 1.82) is 0 Å². The second-order valence-corrected chi connectivity index (χ2v) is 5.43. The number of anilines is 2. The van der Waals surface area contributed by atoms with Crippen molar-refractivity contribution in [1.82, 2.24) is 0 Å². The minimum atomic E-state index is 0.0210. The summed E-state index contributed by atoms with van der Waals surface area (Å²) in [5.41, 5.74) is 6.37. The molecule has 22 heavy (non-hydrogen) atoms. The van der Waals surface area contributed by atoms with E-state index in [9.17, 15) is 4.79 Å². The number of carbonyl (C=O) groups excluding carboxylic acids is 1. The summed E-state index contributed by atoms with van der Waals surface area (Å²) in [4.78, 5) is 14.2. The van der Waals surface area contributed by atoms with Crippen LogP contribution in [0.2, 0.25) is 0 Å². The maximum Gasteiger partial charge on any atom is 0.228 e. The topological polar surface area (TPSA) is 20.3 Å². The first-order valence-corrected chi connectivity index (χ1v) is 7.36. The van der Waals surface area contributed by atoms with Crippen LogP contribution in [0.4, 0.5) is 11.4 Å². The smallest absolute Gasteiger partial charge is 0.228 e. The Balaban J connectivity index is 2.18. The number of para-hydroxylation sites is 2. The standard InChI is InChI=1S/C20H15NO/c1-14(22)21-19-12-6-4-10-17(19)15-8-2-3-9-16(15)18-11-5-7-13-20(18)21/h2-13H,1H3. The van der Waals surface area contributed by atoms with E-state index in [-0.39, 0.29) is 5.91 Å². The lowest BCUT2D eigenvalue weighted by atomic mass is 9.95. The lowest BCUT2D eigenvalue weighted by Gasteiger charge is -2.23. The van der Waals surface area contributed by atoms with E-state index in [1.807, 2.05) is 53.4 Å². The van der Waals surface area contributed by atoms with Crippen molar-refractivity contribution in [2.75, 3.05) is 4.90 Å². The van der Waals surface area contributed by atoms with E-state index >= 15 is 0 Å². The zero-order valence-corrected chi connectivity index (χ0v) is 12.3. The van der Waals surface area contributed by atoms with Crippen LogP contribution in [-0.2, 0) is 4.79 Å². The molecule has 1 aliphatic rings. The van der Waals surface area contributed by atoms with Gasteiger partial charge in [0.15, 0.2) is 0 Å². The molecule has 4 rings (SSSR count). The third-order valence-corrected chi connectivity index (χ3v) is 4.11. The molecule has 3 aromatic carbocycles. The maximum atomic E-state index is 12.4. The van der Waals surface area contributed by atoms with Gasteiger partial charge in [-0.05, 0) is 23.3 Å². The van der Waals surface area contributed by atoms with Crippen LogP contribution in [0.15, 0.2) is 72.8 Å². The molecule has 0 N–H and O–H groups in total. The van der Waals surface area contributed by atoms with Gasteiger partial charge in [0.2, 0.25) is 5.91 Å². The molecule has 1 amide bonds. The molecule has 2 heteroatoms. The van der Waals surface area contributed by atoms with Gasteiger partial charge in [0.1, 0.15) is 0 Å². The van der Waals surface area contributed by atoms with E-state index in [1.165, 1.54) is 0 Å². The molecule has 1 aliphatic heterocycles. The summed E-state index contributed by atoms with van der Waals surface area (Å²) in [7, 11) is 0. The Morgan fingerprint density at radius 2 is 1.00 bits per heavy atom. The Hall–Kier alpha value is -2.87. The predicted molar refractivity (Wildman–Crippen MR) is 90.1 cm³/mol. The van der Waals surface area contributed by atoms with Gasteiger partial charge in [0, 0.05) is 18.1 Å². The van der Waals surface area contributed by atoms with Crippen molar-refractivity contribution in [2.45, 2.75) is 6.92 Å². The van der Waals surface area contributed by atoms with Gasteiger partial charge in [-0.15, -0.1) is 0 Å². The van der Waals surface area contributed by atoms with Crippen LogP contribution in [0, 0.1) is 0 Å². The maximum absolute atomic E-state index is 12.4. The van der Waals surface area contributed by atoms with E-state index < -0.39 is 0 Å². The molecular weight excluding hydrogens is 270 g/mol. The second-order valence-electron chi connectivity index (χ2n) is 5.43. The second kappa shape index (κ2) is 4.85. The van der Waals surface area contributed by atoms with E-state index in [0.717, 1.165) is 33.6 Å². The summed E-state index contributed by atoms with van der Waals surface area (Å²) in [5, 5.41) is 0. The third-order valence-electron chi connectivity index (χ3n) is 4.11. The molecule has 0 saturated carbocycles. The van der Waals surface area contributed by atoms with E-state index in [4.69, 9.17) is 0 Å². The van der Waals surface area contributed by atoms with Gasteiger partial charge in [-0.2, -0.15) is 0 Å². The summed E-state index contributed by atoms with van der Waals surface area (Å²) in [6.07, 6.45) is 0. The van der Waals surface area contributed by atoms with Crippen LogP contribution in [0.5, 0.6) is 0 Å². The zero-order valence-electron chi connectivity index (χ0n) is 12.3. The molecule has 0 aliphatic carbocycles. The molecule has 1 heterocycles. The van der Waals surface area contributed by atoms with E-state index in [2.05, 4.69) is 24.3 Å². The van der Waals surface area contributed by atoms with Crippen molar-refractivity contribution in [2.24, 2.45) is 0 Å². The number of rotatable bonds is 0. The van der Waals surface area contributed by atoms with Gasteiger partial charge in [-0.1, -0.05) is 60.7 Å². The monoisotopic (exact) mass is 285 g/mol. The average Bonchev–Trinajstić information content (AvgIpc) is 2.68. The van der Waals surface area contributed by atoms with Crippen LogP contribution in [0.1, 0.15) is 6.92 Å². The predicted octanol–water partition coefficient (Wildman–Crippen LogP) is 5.02. The van der Waals surface area contributed by atoms with Crippen molar-refractivity contribution in [3.8, 4) is 22.3 Å². The van der Waals surface area contributed by atoms with Gasteiger partial charge in [0.25, 0.3) is 0 Å². The number of nitrogens with zero attached hydrogens (tertiary/aromatic N) is 1. The number of hydrogen-bond acceptors (Lipinski definition) is 1. The number of carbonyl (C=O) groups is 1. The summed E-state index contributed by atoms with van der Waals surface area (Å²) < 4.78 is 0. The third kappa shape index (κ3) is 1.77. The van der Waals surface area contributed by atoms with Gasteiger partial charge >= 0.3 is 0 Å². The fourth-order valence-corrected chi connectivity index (χ4v) is 3.21.